The van der Waals surface area contributed by atoms with Crippen LogP contribution in [0.4, 0.5) is 4.39 Å². The number of carbonyl (C=O) groups excluding carboxylic acids is 1. The molecule has 0 saturated carbocycles. The van der Waals surface area contributed by atoms with Gasteiger partial charge in [-0.25, -0.2) is 4.39 Å². The highest BCUT2D eigenvalue weighted by atomic mass is 19.1. The number of hydrogen-bond acceptors (Lipinski definition) is 4. The van der Waals surface area contributed by atoms with Crippen LogP contribution in [0.5, 0.6) is 11.5 Å². The highest BCUT2D eigenvalue weighted by Crippen LogP contribution is 2.32. The molecule has 1 atom stereocenters. The molecule has 0 aliphatic rings. The molecule has 0 heterocycles. The Bertz CT molecular complexity index is 404. The monoisotopic (exact) mass is 227 g/mol. The Balaban J connectivity index is 3.29. The third kappa shape index (κ3) is 2.14. The van der Waals surface area contributed by atoms with E-state index in [4.69, 9.17) is 15.2 Å². The zero-order valence-electron chi connectivity index (χ0n) is 9.41. The van der Waals surface area contributed by atoms with Gasteiger partial charge in [-0.1, -0.05) is 0 Å². The number of nitrogens with two attached hydrogens (primary N) is 1. The third-order valence-electron chi connectivity index (χ3n) is 2.16. The van der Waals surface area contributed by atoms with Gasteiger partial charge in [0.25, 0.3) is 0 Å². The van der Waals surface area contributed by atoms with Gasteiger partial charge < -0.3 is 15.2 Å². The number of Topliss-reactive ketones (excluding diaryl/α,β-unsaturated/α-hetero) is 1. The van der Waals surface area contributed by atoms with Crippen molar-refractivity contribution >= 4 is 5.78 Å². The third-order valence-corrected chi connectivity index (χ3v) is 2.16. The fourth-order valence-electron chi connectivity index (χ4n) is 1.32. The molecule has 1 aromatic carbocycles. The Morgan fingerprint density at radius 3 is 2.44 bits per heavy atom. The molecule has 1 aromatic rings. The zero-order chi connectivity index (χ0) is 12.3. The minimum atomic E-state index is -0.757. The summed E-state index contributed by atoms with van der Waals surface area (Å²) in [6.07, 6.45) is 0. The summed E-state index contributed by atoms with van der Waals surface area (Å²) in [5, 5.41) is 0. The second kappa shape index (κ2) is 4.94. The fraction of sp³-hybridized carbons (Fsp3) is 0.364. The molecule has 0 bridgehead atoms. The van der Waals surface area contributed by atoms with Crippen LogP contribution in [0.25, 0.3) is 0 Å². The molecule has 88 valence electrons. The lowest BCUT2D eigenvalue weighted by Crippen LogP contribution is -2.27. The lowest BCUT2D eigenvalue weighted by atomic mass is 10.0. The molecule has 0 aliphatic carbocycles. The van der Waals surface area contributed by atoms with Gasteiger partial charge >= 0.3 is 0 Å². The van der Waals surface area contributed by atoms with Gasteiger partial charge in [-0.05, 0) is 19.1 Å². The molecule has 0 aromatic heterocycles. The molecule has 0 spiro atoms. The lowest BCUT2D eigenvalue weighted by Gasteiger charge is -2.12. The van der Waals surface area contributed by atoms with Gasteiger partial charge in [0.15, 0.2) is 23.1 Å². The molecule has 0 fully saturated rings. The molecular formula is C11H14FNO3. The van der Waals surface area contributed by atoms with Crippen molar-refractivity contribution in [2.24, 2.45) is 5.73 Å². The van der Waals surface area contributed by atoms with Gasteiger partial charge in [0.2, 0.25) is 0 Å². The molecule has 0 saturated heterocycles. The summed E-state index contributed by atoms with van der Waals surface area (Å²) in [6, 6.07) is 2.05. The maximum atomic E-state index is 13.8. The quantitative estimate of drug-likeness (QED) is 0.789. The average molecular weight is 227 g/mol. The van der Waals surface area contributed by atoms with Gasteiger partial charge in [-0.2, -0.15) is 0 Å². The van der Waals surface area contributed by atoms with Crippen LogP contribution in [0.3, 0.4) is 0 Å². The van der Waals surface area contributed by atoms with Crippen molar-refractivity contribution < 1.29 is 18.7 Å². The predicted octanol–water partition coefficient (Wildman–Crippen LogP) is 1.37. The van der Waals surface area contributed by atoms with Crippen molar-refractivity contribution in [3.8, 4) is 11.5 Å². The first kappa shape index (κ1) is 12.4. The van der Waals surface area contributed by atoms with Crippen molar-refractivity contribution in [3.05, 3.63) is 23.5 Å². The molecule has 2 N–H and O–H groups in total. The molecule has 1 unspecified atom stereocenters. The summed E-state index contributed by atoms with van der Waals surface area (Å²) in [7, 11) is 2.70. The second-order valence-electron chi connectivity index (χ2n) is 3.32. The van der Waals surface area contributed by atoms with Crippen LogP contribution >= 0.6 is 0 Å². The Hall–Kier alpha value is -1.62. The number of carbonyl (C=O) groups is 1. The summed E-state index contributed by atoms with van der Waals surface area (Å²) < 4.78 is 23.6. The van der Waals surface area contributed by atoms with E-state index < -0.39 is 17.6 Å². The molecule has 0 radical (unpaired) electrons. The van der Waals surface area contributed by atoms with E-state index >= 15 is 0 Å². The molecule has 5 heteroatoms. The summed E-state index contributed by atoms with van der Waals surface area (Å²) in [4.78, 5) is 11.6. The SMILES string of the molecule is COc1ccc(C(=O)C(C)N)c(F)c1OC. The van der Waals surface area contributed by atoms with Crippen LogP contribution in [0.2, 0.25) is 0 Å². The first-order valence-electron chi connectivity index (χ1n) is 4.73. The number of methoxy groups -OCH3 is 2. The van der Waals surface area contributed by atoms with E-state index in [1.54, 1.807) is 0 Å². The minimum Gasteiger partial charge on any atom is -0.493 e. The fourth-order valence-corrected chi connectivity index (χ4v) is 1.32. The van der Waals surface area contributed by atoms with Gasteiger partial charge in [-0.15, -0.1) is 0 Å². The Morgan fingerprint density at radius 2 is 2.00 bits per heavy atom. The van der Waals surface area contributed by atoms with Gasteiger partial charge in [0.1, 0.15) is 0 Å². The topological polar surface area (TPSA) is 61.5 Å². The normalized spacial score (nSPS) is 12.1. The minimum absolute atomic E-state index is 0.0889. The van der Waals surface area contributed by atoms with Crippen LogP contribution in [0.1, 0.15) is 17.3 Å². The molecule has 0 amide bonds. The second-order valence-corrected chi connectivity index (χ2v) is 3.32. The standard InChI is InChI=1S/C11H14FNO3/c1-6(13)10(14)7-4-5-8(15-2)11(16-3)9(7)12/h4-6H,13H2,1-3H3. The van der Waals surface area contributed by atoms with E-state index in [2.05, 4.69) is 0 Å². The highest BCUT2D eigenvalue weighted by molar-refractivity contribution is 6.00. The Morgan fingerprint density at radius 1 is 1.38 bits per heavy atom. The zero-order valence-corrected chi connectivity index (χ0v) is 9.41. The molecule has 1 rings (SSSR count). The van der Waals surface area contributed by atoms with E-state index in [-0.39, 0.29) is 17.1 Å². The van der Waals surface area contributed by atoms with Crippen molar-refractivity contribution in [2.75, 3.05) is 14.2 Å². The molecule has 0 aliphatic heterocycles. The van der Waals surface area contributed by atoms with Crippen molar-refractivity contribution in [1.82, 2.24) is 0 Å². The first-order chi connectivity index (χ1) is 7.52. The number of ether oxygens (including phenoxy) is 2. The van der Waals surface area contributed by atoms with Gasteiger partial charge in [0, 0.05) is 0 Å². The summed E-state index contributed by atoms with van der Waals surface area (Å²) in [5.41, 5.74) is 5.32. The maximum absolute atomic E-state index is 13.8. The van der Waals surface area contributed by atoms with Crippen LogP contribution in [-0.4, -0.2) is 26.0 Å². The van der Waals surface area contributed by atoms with E-state index in [1.165, 1.54) is 33.3 Å². The number of halogens is 1. The predicted molar refractivity (Wildman–Crippen MR) is 57.5 cm³/mol. The number of hydrogen-bond donors (Lipinski definition) is 1. The van der Waals surface area contributed by atoms with Crippen molar-refractivity contribution in [2.45, 2.75) is 13.0 Å². The van der Waals surface area contributed by atoms with Crippen molar-refractivity contribution in [1.29, 1.82) is 0 Å². The number of benzene rings is 1. The van der Waals surface area contributed by atoms with Gasteiger partial charge in [0.05, 0.1) is 25.8 Å². The lowest BCUT2D eigenvalue weighted by molar-refractivity contribution is 0.0963. The molecule has 16 heavy (non-hydrogen) atoms. The Labute approximate surface area is 93.2 Å². The Kier molecular flexibility index (Phi) is 3.84. The number of ketones is 1. The molecule has 4 nitrogen and oxygen atoms in total. The maximum Gasteiger partial charge on any atom is 0.197 e. The van der Waals surface area contributed by atoms with Crippen molar-refractivity contribution in [3.63, 3.8) is 0 Å². The smallest absolute Gasteiger partial charge is 0.197 e. The van der Waals surface area contributed by atoms with Crippen LogP contribution in [-0.2, 0) is 0 Å². The van der Waals surface area contributed by atoms with E-state index in [0.717, 1.165) is 0 Å². The van der Waals surface area contributed by atoms with Crippen LogP contribution < -0.4 is 15.2 Å². The summed E-state index contributed by atoms with van der Waals surface area (Å²) in [6.45, 7) is 1.50. The van der Waals surface area contributed by atoms with E-state index in [1.807, 2.05) is 0 Å². The largest absolute Gasteiger partial charge is 0.493 e. The van der Waals surface area contributed by atoms with Gasteiger partial charge in [-0.3, -0.25) is 4.79 Å². The summed E-state index contributed by atoms with van der Waals surface area (Å²) >= 11 is 0. The van der Waals surface area contributed by atoms with E-state index in [0.29, 0.717) is 0 Å². The van der Waals surface area contributed by atoms with Crippen LogP contribution in [0, 0.1) is 5.82 Å². The average Bonchev–Trinajstić information content (AvgIpc) is 2.27. The number of rotatable bonds is 4. The van der Waals surface area contributed by atoms with Crippen LogP contribution in [0.15, 0.2) is 12.1 Å². The highest BCUT2D eigenvalue weighted by Gasteiger charge is 2.21. The van der Waals surface area contributed by atoms with E-state index in [9.17, 15) is 9.18 Å². The first-order valence-corrected chi connectivity index (χ1v) is 4.73. The molecular weight excluding hydrogens is 213 g/mol. The summed E-state index contributed by atoms with van der Waals surface area (Å²) in [5.74, 6) is -1.07.